The van der Waals surface area contributed by atoms with Crippen LogP contribution in [0.25, 0.3) is 0 Å². The molecule has 116 valence electrons. The molecule has 7 heteroatoms. The Labute approximate surface area is 147 Å². The normalized spacial score (nSPS) is 10.3. The van der Waals surface area contributed by atoms with E-state index in [2.05, 4.69) is 15.6 Å². The van der Waals surface area contributed by atoms with Gasteiger partial charge in [-0.05, 0) is 36.4 Å². The van der Waals surface area contributed by atoms with Crippen LogP contribution >= 0.6 is 34.5 Å². The highest BCUT2D eigenvalue weighted by molar-refractivity contribution is 7.13. The summed E-state index contributed by atoms with van der Waals surface area (Å²) >= 11 is 13.5. The first-order chi connectivity index (χ1) is 11.1. The number of amides is 1. The van der Waals surface area contributed by atoms with Gasteiger partial charge in [0.2, 0.25) is 0 Å². The van der Waals surface area contributed by atoms with Crippen molar-refractivity contribution in [2.75, 3.05) is 10.6 Å². The lowest BCUT2D eigenvalue weighted by Gasteiger charge is -2.09. The van der Waals surface area contributed by atoms with Crippen LogP contribution in [0.15, 0.2) is 54.0 Å². The van der Waals surface area contributed by atoms with Gasteiger partial charge in [-0.2, -0.15) is 0 Å². The molecule has 1 amide bonds. The van der Waals surface area contributed by atoms with Crippen LogP contribution in [0.4, 0.5) is 16.5 Å². The second-order valence-corrected chi connectivity index (χ2v) is 6.36. The Balaban J connectivity index is 1.78. The number of carbonyl (C=O) groups excluding carboxylic acids is 1. The van der Waals surface area contributed by atoms with E-state index in [0.717, 1.165) is 10.8 Å². The van der Waals surface area contributed by atoms with E-state index >= 15 is 0 Å². The van der Waals surface area contributed by atoms with E-state index in [1.165, 1.54) is 11.3 Å². The molecule has 1 heterocycles. The van der Waals surface area contributed by atoms with Crippen molar-refractivity contribution in [2.45, 2.75) is 0 Å². The molecule has 0 spiro atoms. The second kappa shape index (κ2) is 7.00. The molecule has 4 nitrogen and oxygen atoms in total. The zero-order valence-corrected chi connectivity index (χ0v) is 14.0. The molecule has 0 saturated carbocycles. The van der Waals surface area contributed by atoms with Gasteiger partial charge >= 0.3 is 0 Å². The van der Waals surface area contributed by atoms with Crippen LogP contribution in [-0.4, -0.2) is 10.9 Å². The highest BCUT2D eigenvalue weighted by atomic mass is 35.5. The maximum Gasteiger partial charge on any atom is 0.255 e. The third kappa shape index (κ3) is 4.01. The molecule has 3 aromatic rings. The number of benzene rings is 2. The summed E-state index contributed by atoms with van der Waals surface area (Å²) in [6.07, 6.45) is 1.71. The number of thiazole rings is 1. The maximum absolute atomic E-state index is 12.4. The molecule has 0 atom stereocenters. The highest BCUT2D eigenvalue weighted by Crippen LogP contribution is 2.26. The summed E-state index contributed by atoms with van der Waals surface area (Å²) < 4.78 is 0. The number of rotatable bonds is 4. The zero-order chi connectivity index (χ0) is 16.2. The van der Waals surface area contributed by atoms with Gasteiger partial charge < -0.3 is 10.6 Å². The molecule has 3 rings (SSSR count). The second-order valence-electron chi connectivity index (χ2n) is 4.62. The van der Waals surface area contributed by atoms with Crippen molar-refractivity contribution in [1.29, 1.82) is 0 Å². The third-order valence-corrected chi connectivity index (χ3v) is 4.24. The summed E-state index contributed by atoms with van der Waals surface area (Å²) in [5.74, 6) is -0.267. The topological polar surface area (TPSA) is 54.0 Å². The Hall–Kier alpha value is -2.08. The molecule has 2 aromatic carbocycles. The molecule has 2 N–H and O–H groups in total. The molecule has 1 aromatic heterocycles. The Kier molecular flexibility index (Phi) is 4.81. The maximum atomic E-state index is 12.4. The van der Waals surface area contributed by atoms with Gasteiger partial charge in [-0.3, -0.25) is 4.79 Å². The van der Waals surface area contributed by atoms with Gasteiger partial charge in [0.1, 0.15) is 0 Å². The zero-order valence-electron chi connectivity index (χ0n) is 11.7. The summed E-state index contributed by atoms with van der Waals surface area (Å²) in [5, 5.41) is 9.47. The molecule has 23 heavy (non-hydrogen) atoms. The van der Waals surface area contributed by atoms with Gasteiger partial charge in [-0.1, -0.05) is 29.3 Å². The molecule has 0 aliphatic carbocycles. The lowest BCUT2D eigenvalue weighted by molar-refractivity contribution is 0.102. The standard InChI is InChI=1S/C16H11Cl2N3OS/c17-11-4-5-13(18)14(9-11)21-15(22)10-2-1-3-12(8-10)20-16-19-6-7-23-16/h1-9H,(H,19,20)(H,21,22). The number of halogens is 2. The van der Waals surface area contributed by atoms with Crippen molar-refractivity contribution in [3.8, 4) is 0 Å². The Morgan fingerprint density at radius 3 is 2.78 bits per heavy atom. The van der Waals surface area contributed by atoms with E-state index in [1.54, 1.807) is 42.6 Å². The number of nitrogens with zero attached hydrogens (tertiary/aromatic N) is 1. The fourth-order valence-corrected chi connectivity index (χ4v) is 2.82. The minimum absolute atomic E-state index is 0.267. The number of anilines is 3. The van der Waals surface area contributed by atoms with Gasteiger partial charge in [0.15, 0.2) is 5.13 Å². The van der Waals surface area contributed by atoms with Crippen molar-refractivity contribution in [3.05, 3.63) is 69.7 Å². The summed E-state index contributed by atoms with van der Waals surface area (Å²) in [7, 11) is 0. The van der Waals surface area contributed by atoms with Gasteiger partial charge in [0, 0.05) is 27.9 Å². The molecular formula is C16H11Cl2N3OS. The summed E-state index contributed by atoms with van der Waals surface area (Å²) in [5.41, 5.74) is 1.76. The number of carbonyl (C=O) groups is 1. The average Bonchev–Trinajstić information content (AvgIpc) is 3.04. The Morgan fingerprint density at radius 2 is 2.00 bits per heavy atom. The van der Waals surface area contributed by atoms with Crippen LogP contribution in [-0.2, 0) is 0 Å². The van der Waals surface area contributed by atoms with Crippen molar-refractivity contribution in [2.24, 2.45) is 0 Å². The lowest BCUT2D eigenvalue weighted by atomic mass is 10.2. The van der Waals surface area contributed by atoms with Gasteiger partial charge in [0.25, 0.3) is 5.91 Å². The van der Waals surface area contributed by atoms with Gasteiger partial charge in [0.05, 0.1) is 10.7 Å². The summed E-state index contributed by atoms with van der Waals surface area (Å²) in [6.45, 7) is 0. The van der Waals surface area contributed by atoms with Crippen LogP contribution in [0, 0.1) is 0 Å². The van der Waals surface area contributed by atoms with Crippen LogP contribution in [0.5, 0.6) is 0 Å². The van der Waals surface area contributed by atoms with E-state index in [-0.39, 0.29) is 5.91 Å². The van der Waals surface area contributed by atoms with E-state index in [4.69, 9.17) is 23.2 Å². The van der Waals surface area contributed by atoms with Crippen molar-refractivity contribution in [3.63, 3.8) is 0 Å². The minimum Gasteiger partial charge on any atom is -0.332 e. The Bertz CT molecular complexity index is 837. The minimum atomic E-state index is -0.267. The molecule has 0 aliphatic rings. The largest absolute Gasteiger partial charge is 0.332 e. The van der Waals surface area contributed by atoms with Crippen LogP contribution in [0.1, 0.15) is 10.4 Å². The first-order valence-corrected chi connectivity index (χ1v) is 8.28. The number of nitrogens with one attached hydrogen (secondary N) is 2. The quantitative estimate of drug-likeness (QED) is 0.648. The Morgan fingerprint density at radius 1 is 1.13 bits per heavy atom. The van der Waals surface area contributed by atoms with Gasteiger partial charge in [-0.15, -0.1) is 11.3 Å². The number of hydrogen-bond donors (Lipinski definition) is 2. The lowest BCUT2D eigenvalue weighted by Crippen LogP contribution is -2.12. The first kappa shape index (κ1) is 15.8. The highest BCUT2D eigenvalue weighted by Gasteiger charge is 2.10. The molecular weight excluding hydrogens is 353 g/mol. The van der Waals surface area contributed by atoms with Crippen LogP contribution in [0.2, 0.25) is 10.0 Å². The molecule has 0 bridgehead atoms. The fraction of sp³-hybridized carbons (Fsp3) is 0. The van der Waals surface area contributed by atoms with Crippen molar-refractivity contribution >= 4 is 57.0 Å². The fourth-order valence-electron chi connectivity index (χ4n) is 1.93. The molecule has 0 unspecified atom stereocenters. The SMILES string of the molecule is O=C(Nc1cc(Cl)ccc1Cl)c1cccc(Nc2nccs2)c1. The number of hydrogen-bond acceptors (Lipinski definition) is 4. The molecule has 0 fully saturated rings. The number of aromatic nitrogens is 1. The molecule has 0 radical (unpaired) electrons. The van der Waals surface area contributed by atoms with Crippen LogP contribution < -0.4 is 10.6 Å². The van der Waals surface area contributed by atoms with E-state index in [0.29, 0.717) is 21.3 Å². The van der Waals surface area contributed by atoms with E-state index < -0.39 is 0 Å². The van der Waals surface area contributed by atoms with Gasteiger partial charge in [-0.25, -0.2) is 4.98 Å². The van der Waals surface area contributed by atoms with E-state index in [1.807, 2.05) is 11.4 Å². The van der Waals surface area contributed by atoms with E-state index in [9.17, 15) is 4.79 Å². The van der Waals surface area contributed by atoms with Crippen molar-refractivity contribution in [1.82, 2.24) is 4.98 Å². The smallest absolute Gasteiger partial charge is 0.255 e. The van der Waals surface area contributed by atoms with Crippen LogP contribution in [0.3, 0.4) is 0 Å². The van der Waals surface area contributed by atoms with Crippen molar-refractivity contribution < 1.29 is 4.79 Å². The summed E-state index contributed by atoms with van der Waals surface area (Å²) in [6, 6.07) is 12.0. The molecule has 0 saturated heterocycles. The predicted molar refractivity (Wildman–Crippen MR) is 96.3 cm³/mol. The first-order valence-electron chi connectivity index (χ1n) is 6.65. The molecule has 0 aliphatic heterocycles. The average molecular weight is 364 g/mol. The summed E-state index contributed by atoms with van der Waals surface area (Å²) in [4.78, 5) is 16.5. The predicted octanol–water partition coefficient (Wildman–Crippen LogP) is 5.45. The monoisotopic (exact) mass is 363 g/mol. The third-order valence-electron chi connectivity index (χ3n) is 2.98.